The highest BCUT2D eigenvalue weighted by Gasteiger charge is 2.19. The second-order valence-corrected chi connectivity index (χ2v) is 14.0. The van der Waals surface area contributed by atoms with Gasteiger partial charge in [-0.05, 0) is 127 Å². The Morgan fingerprint density at radius 2 is 0.635 bits per heavy atom. The van der Waals surface area contributed by atoms with Gasteiger partial charge >= 0.3 is 0 Å². The maximum absolute atomic E-state index is 2.38. The first-order valence-electron chi connectivity index (χ1n) is 18.1. The zero-order valence-corrected chi connectivity index (χ0v) is 28.5. The molecule has 0 atom stereocenters. The van der Waals surface area contributed by atoms with E-state index < -0.39 is 0 Å². The maximum atomic E-state index is 2.38. The van der Waals surface area contributed by atoms with Crippen molar-refractivity contribution in [2.45, 2.75) is 0 Å². The molecule has 0 heterocycles. The average molecular weight is 657 g/mol. The minimum atomic E-state index is 1.24. The Labute approximate surface area is 301 Å². The van der Waals surface area contributed by atoms with Crippen LogP contribution in [0.3, 0.4) is 0 Å². The highest BCUT2D eigenvalue weighted by molar-refractivity contribution is 6.25. The van der Waals surface area contributed by atoms with E-state index in [9.17, 15) is 0 Å². The van der Waals surface area contributed by atoms with E-state index in [1.54, 1.807) is 0 Å². The molecule has 0 saturated heterocycles. The highest BCUT2D eigenvalue weighted by atomic mass is 14.2. The minimum Gasteiger partial charge on any atom is -0.0616 e. The Morgan fingerprint density at radius 3 is 1.31 bits per heavy atom. The zero-order valence-electron chi connectivity index (χ0n) is 28.5. The van der Waals surface area contributed by atoms with Crippen molar-refractivity contribution in [1.29, 1.82) is 0 Å². The standard InChI is InChI=1S/C52H32/c1-3-14-39-33(12-1)28-29-44-42(39)22-11-23-45(44)52-48-20-9-7-18-46(48)51(47-19-8-10-21-49(47)52)38-27-25-34-30-37(26-24-35(34)31-38)50-32-36-13-2-4-15-40(36)41-16-5-6-17-43(41)50/h1-32H. The van der Waals surface area contributed by atoms with Gasteiger partial charge in [0.1, 0.15) is 0 Å². The first-order valence-corrected chi connectivity index (χ1v) is 18.1. The van der Waals surface area contributed by atoms with E-state index in [1.807, 2.05) is 0 Å². The van der Waals surface area contributed by atoms with Gasteiger partial charge in [-0.25, -0.2) is 0 Å². The predicted molar refractivity (Wildman–Crippen MR) is 225 cm³/mol. The Balaban J connectivity index is 1.12. The highest BCUT2D eigenvalue weighted by Crippen LogP contribution is 2.46. The van der Waals surface area contributed by atoms with Gasteiger partial charge in [-0.2, -0.15) is 0 Å². The summed E-state index contributed by atoms with van der Waals surface area (Å²) >= 11 is 0. The van der Waals surface area contributed by atoms with E-state index in [0.29, 0.717) is 0 Å². The van der Waals surface area contributed by atoms with Gasteiger partial charge in [-0.1, -0.05) is 176 Å². The summed E-state index contributed by atoms with van der Waals surface area (Å²) in [5.41, 5.74) is 7.60. The van der Waals surface area contributed by atoms with Crippen LogP contribution in [0.2, 0.25) is 0 Å². The normalized spacial score (nSPS) is 11.8. The van der Waals surface area contributed by atoms with Crippen LogP contribution in [-0.4, -0.2) is 0 Å². The van der Waals surface area contributed by atoms with E-state index in [4.69, 9.17) is 0 Å². The summed E-state index contributed by atoms with van der Waals surface area (Å²) in [5, 5.41) is 17.9. The summed E-state index contributed by atoms with van der Waals surface area (Å²) < 4.78 is 0. The van der Waals surface area contributed by atoms with E-state index in [2.05, 4.69) is 194 Å². The molecular weight excluding hydrogens is 625 g/mol. The van der Waals surface area contributed by atoms with Gasteiger partial charge in [0.15, 0.2) is 0 Å². The van der Waals surface area contributed by atoms with Crippen LogP contribution in [0.15, 0.2) is 194 Å². The van der Waals surface area contributed by atoms with Crippen LogP contribution in [0.5, 0.6) is 0 Å². The molecule has 11 rings (SSSR count). The van der Waals surface area contributed by atoms with Crippen molar-refractivity contribution in [3.63, 3.8) is 0 Å². The van der Waals surface area contributed by atoms with Gasteiger partial charge in [0.05, 0.1) is 0 Å². The Kier molecular flexibility index (Phi) is 6.35. The van der Waals surface area contributed by atoms with Crippen LogP contribution < -0.4 is 0 Å². The molecule has 0 aromatic heterocycles. The van der Waals surface area contributed by atoms with E-state index >= 15 is 0 Å². The van der Waals surface area contributed by atoms with E-state index in [1.165, 1.54) is 109 Å². The third kappa shape index (κ3) is 4.35. The first-order chi connectivity index (χ1) is 25.8. The van der Waals surface area contributed by atoms with Crippen molar-refractivity contribution in [3.8, 4) is 33.4 Å². The van der Waals surface area contributed by atoms with Gasteiger partial charge in [0.2, 0.25) is 0 Å². The molecule has 0 aliphatic heterocycles. The minimum absolute atomic E-state index is 1.24. The first kappa shape index (κ1) is 29.0. The summed E-state index contributed by atoms with van der Waals surface area (Å²) in [6, 6.07) is 71.9. The molecule has 0 unspecified atom stereocenters. The second kappa shape index (κ2) is 11.4. The summed E-state index contributed by atoms with van der Waals surface area (Å²) in [7, 11) is 0. The van der Waals surface area contributed by atoms with Crippen molar-refractivity contribution in [1.82, 2.24) is 0 Å². The van der Waals surface area contributed by atoms with Crippen molar-refractivity contribution < 1.29 is 0 Å². The molecule has 0 spiro atoms. The number of hydrogen-bond acceptors (Lipinski definition) is 0. The molecule has 0 amide bonds. The fourth-order valence-electron chi connectivity index (χ4n) is 8.85. The predicted octanol–water partition coefficient (Wildman–Crippen LogP) is 14.8. The smallest absolute Gasteiger partial charge is 0.00201 e. The van der Waals surface area contributed by atoms with Crippen LogP contribution in [0.4, 0.5) is 0 Å². The molecule has 0 saturated carbocycles. The molecule has 11 aromatic carbocycles. The summed E-state index contributed by atoms with van der Waals surface area (Å²) in [6.45, 7) is 0. The Hall–Kier alpha value is -6.76. The number of benzene rings is 11. The van der Waals surface area contributed by atoms with Crippen molar-refractivity contribution in [3.05, 3.63) is 194 Å². The zero-order chi connectivity index (χ0) is 34.2. The topological polar surface area (TPSA) is 0 Å². The lowest BCUT2D eigenvalue weighted by Gasteiger charge is -2.19. The monoisotopic (exact) mass is 656 g/mol. The van der Waals surface area contributed by atoms with Gasteiger partial charge < -0.3 is 0 Å². The van der Waals surface area contributed by atoms with Crippen LogP contribution in [0, 0.1) is 0 Å². The molecule has 11 aromatic rings. The largest absolute Gasteiger partial charge is 0.0616 e. The third-order valence-electron chi connectivity index (χ3n) is 11.2. The van der Waals surface area contributed by atoms with Gasteiger partial charge in [-0.3, -0.25) is 0 Å². The molecule has 0 N–H and O–H groups in total. The lowest BCUT2D eigenvalue weighted by Crippen LogP contribution is -1.92. The van der Waals surface area contributed by atoms with Crippen LogP contribution in [0.25, 0.3) is 109 Å². The second-order valence-electron chi connectivity index (χ2n) is 14.0. The van der Waals surface area contributed by atoms with Crippen molar-refractivity contribution >= 4 is 75.4 Å². The molecule has 0 heteroatoms. The molecule has 0 nitrogen and oxygen atoms in total. The molecule has 0 aliphatic carbocycles. The fourth-order valence-corrected chi connectivity index (χ4v) is 8.85. The third-order valence-corrected chi connectivity index (χ3v) is 11.2. The average Bonchev–Trinajstić information content (AvgIpc) is 3.22. The summed E-state index contributed by atoms with van der Waals surface area (Å²) in [5.74, 6) is 0. The quantitative estimate of drug-likeness (QED) is 0.131. The van der Waals surface area contributed by atoms with Crippen LogP contribution in [-0.2, 0) is 0 Å². The summed E-state index contributed by atoms with van der Waals surface area (Å²) in [6.07, 6.45) is 0. The Bertz CT molecular complexity index is 3180. The summed E-state index contributed by atoms with van der Waals surface area (Å²) in [4.78, 5) is 0. The molecule has 0 radical (unpaired) electrons. The maximum Gasteiger partial charge on any atom is -0.00201 e. The van der Waals surface area contributed by atoms with Gasteiger partial charge in [-0.15, -0.1) is 0 Å². The SMILES string of the molecule is c1ccc2c(c1)cc(-c1ccc3cc(-c4c5ccccc5c(-c5cccc6c5ccc5ccccc56)c5ccccc45)ccc3c1)c1ccccc12. The number of hydrogen-bond donors (Lipinski definition) is 0. The molecular formula is C52H32. The van der Waals surface area contributed by atoms with Gasteiger partial charge in [0, 0.05) is 0 Å². The lowest BCUT2D eigenvalue weighted by molar-refractivity contribution is 1.67. The van der Waals surface area contributed by atoms with E-state index in [0.717, 1.165) is 0 Å². The molecule has 0 aliphatic rings. The van der Waals surface area contributed by atoms with Gasteiger partial charge in [0.25, 0.3) is 0 Å². The molecule has 52 heavy (non-hydrogen) atoms. The molecule has 0 bridgehead atoms. The number of rotatable bonds is 3. The van der Waals surface area contributed by atoms with Crippen molar-refractivity contribution in [2.75, 3.05) is 0 Å². The molecule has 0 fully saturated rings. The van der Waals surface area contributed by atoms with Crippen molar-refractivity contribution in [2.24, 2.45) is 0 Å². The Morgan fingerprint density at radius 1 is 0.192 bits per heavy atom. The fraction of sp³-hybridized carbons (Fsp3) is 0. The van der Waals surface area contributed by atoms with Crippen LogP contribution in [0.1, 0.15) is 0 Å². The van der Waals surface area contributed by atoms with E-state index in [-0.39, 0.29) is 0 Å². The number of fused-ring (bicyclic) bond motifs is 9. The lowest BCUT2D eigenvalue weighted by atomic mass is 9.84. The van der Waals surface area contributed by atoms with Crippen LogP contribution >= 0.6 is 0 Å². The molecule has 240 valence electrons.